The third-order valence-corrected chi connectivity index (χ3v) is 9.38. The topological polar surface area (TPSA) is 284 Å². The van der Waals surface area contributed by atoms with Crippen molar-refractivity contribution in [2.24, 2.45) is 22.2 Å². The highest BCUT2D eigenvalue weighted by Gasteiger charge is 2.30. The quantitative estimate of drug-likeness (QED) is 0.0331. The predicted octanol–water partition coefficient (Wildman–Crippen LogP) is 0.0648. The van der Waals surface area contributed by atoms with E-state index in [-0.39, 0.29) is 41.2 Å². The van der Waals surface area contributed by atoms with Crippen LogP contribution < -0.4 is 22.5 Å². The number of nitrogens with one attached hydrogen (secondary N) is 1. The third kappa shape index (κ3) is 14.2. The van der Waals surface area contributed by atoms with Gasteiger partial charge in [-0.15, -0.1) is 0 Å². The number of nitrogens with zero attached hydrogens (tertiary/aromatic N) is 4. The van der Waals surface area contributed by atoms with E-state index < -0.39 is 48.9 Å². The largest absolute Gasteiger partial charge is 0.394 e. The van der Waals surface area contributed by atoms with Gasteiger partial charge in [0.15, 0.2) is 5.69 Å². The van der Waals surface area contributed by atoms with Crippen LogP contribution in [0.3, 0.4) is 0 Å². The number of carbonyl (C=O) groups excluding carboxylic acids is 3. The van der Waals surface area contributed by atoms with Crippen LogP contribution in [0.25, 0.3) is 11.1 Å². The van der Waals surface area contributed by atoms with E-state index in [1.54, 1.807) is 7.05 Å². The molecule has 0 saturated heterocycles. The van der Waals surface area contributed by atoms with Crippen molar-refractivity contribution in [2.45, 2.75) is 81.8 Å². The Morgan fingerprint density at radius 1 is 0.836 bits per heavy atom. The molecule has 5 atom stereocenters. The molecular formula is C38H53ClN8O8. The van der Waals surface area contributed by atoms with Crippen molar-refractivity contribution in [1.82, 2.24) is 20.2 Å². The fraction of sp³-hybridized carbons (Fsp3) is 0.474. The minimum Gasteiger partial charge on any atom is -0.394 e. The van der Waals surface area contributed by atoms with E-state index in [9.17, 15) is 34.8 Å². The number of hydrogen-bond acceptors (Lipinski definition) is 12. The Morgan fingerprint density at radius 3 is 2.02 bits per heavy atom. The number of aliphatic hydroxyl groups excluding tert-OH is 5. The van der Waals surface area contributed by atoms with Crippen LogP contribution in [-0.4, -0.2) is 128 Å². The molecule has 0 aliphatic heterocycles. The monoisotopic (exact) mass is 784 g/mol. The van der Waals surface area contributed by atoms with E-state index in [1.165, 1.54) is 16.7 Å². The van der Waals surface area contributed by atoms with Crippen LogP contribution in [0.15, 0.2) is 59.7 Å². The highest BCUT2D eigenvalue weighted by atomic mass is 35.5. The molecule has 1 heterocycles. The third-order valence-electron chi connectivity index (χ3n) is 9.19. The average Bonchev–Trinajstić information content (AvgIpc) is 3.18. The number of aliphatic hydroxyl groups is 5. The average molecular weight is 785 g/mol. The van der Waals surface area contributed by atoms with Gasteiger partial charge in [-0.3, -0.25) is 19.4 Å². The molecule has 0 unspecified atom stereocenters. The summed E-state index contributed by atoms with van der Waals surface area (Å²) in [5.74, 6) is -1.51. The molecule has 0 bridgehead atoms. The summed E-state index contributed by atoms with van der Waals surface area (Å²) < 4.78 is 0. The Balaban J connectivity index is 1.38. The number of amidine groups is 1. The zero-order valence-corrected chi connectivity index (χ0v) is 31.7. The number of benzene rings is 2. The zero-order chi connectivity index (χ0) is 40.5. The summed E-state index contributed by atoms with van der Waals surface area (Å²) in [4.78, 5) is 50.4. The van der Waals surface area contributed by atoms with Gasteiger partial charge in [-0.05, 0) is 73.7 Å². The highest BCUT2D eigenvalue weighted by molar-refractivity contribution is 6.29. The number of amides is 3. The number of carbonyl (C=O) groups is 3. The summed E-state index contributed by atoms with van der Waals surface area (Å²) in [6, 6.07) is 15.5. The van der Waals surface area contributed by atoms with Gasteiger partial charge < -0.3 is 53.0 Å². The van der Waals surface area contributed by atoms with Crippen molar-refractivity contribution in [3.05, 3.63) is 82.4 Å². The highest BCUT2D eigenvalue weighted by Crippen LogP contribution is 2.22. The molecule has 300 valence electrons. The zero-order valence-electron chi connectivity index (χ0n) is 30.9. The molecule has 0 radical (unpaired) electrons. The summed E-state index contributed by atoms with van der Waals surface area (Å²) in [6.45, 7) is 0.0483. The van der Waals surface area contributed by atoms with Crippen LogP contribution in [0.1, 0.15) is 65.8 Å². The Hall–Kier alpha value is -4.55. The smallest absolute Gasteiger partial charge is 0.269 e. The molecular weight excluding hydrogens is 732 g/mol. The van der Waals surface area contributed by atoms with Crippen molar-refractivity contribution in [3.63, 3.8) is 0 Å². The van der Waals surface area contributed by atoms with E-state index in [1.807, 2.05) is 24.3 Å². The number of halogens is 1. The second-order valence-corrected chi connectivity index (χ2v) is 13.7. The van der Waals surface area contributed by atoms with Crippen molar-refractivity contribution in [3.8, 4) is 11.1 Å². The van der Waals surface area contributed by atoms with Crippen molar-refractivity contribution < 1.29 is 39.9 Å². The van der Waals surface area contributed by atoms with Gasteiger partial charge in [0, 0.05) is 26.6 Å². The number of likely N-dealkylation sites (N-methyl/N-ethyl adjacent to an activating group) is 1. The van der Waals surface area contributed by atoms with E-state index >= 15 is 0 Å². The Labute approximate surface area is 325 Å². The number of primary amides is 2. The molecule has 0 saturated carbocycles. The molecule has 0 aliphatic rings. The summed E-state index contributed by atoms with van der Waals surface area (Å²) in [6.07, 6.45) is -0.323. The van der Waals surface area contributed by atoms with Gasteiger partial charge >= 0.3 is 0 Å². The van der Waals surface area contributed by atoms with E-state index in [0.29, 0.717) is 38.8 Å². The van der Waals surface area contributed by atoms with Gasteiger partial charge in [-0.1, -0.05) is 60.1 Å². The molecule has 3 aromatic rings. The van der Waals surface area contributed by atoms with E-state index in [4.69, 9.17) is 33.9 Å². The van der Waals surface area contributed by atoms with Crippen molar-refractivity contribution >= 4 is 35.2 Å². The summed E-state index contributed by atoms with van der Waals surface area (Å²) >= 11 is 5.80. The fourth-order valence-electron chi connectivity index (χ4n) is 5.82. The lowest BCUT2D eigenvalue weighted by atomic mass is 9.99. The Morgan fingerprint density at radius 2 is 1.44 bits per heavy atom. The minimum atomic E-state index is -1.69. The number of hydrogen-bond donors (Lipinski definition) is 9. The molecule has 0 aliphatic carbocycles. The van der Waals surface area contributed by atoms with Gasteiger partial charge in [0.25, 0.3) is 5.91 Å². The van der Waals surface area contributed by atoms with Gasteiger partial charge in [-0.25, -0.2) is 9.97 Å². The lowest BCUT2D eigenvalue weighted by Crippen LogP contribution is -2.49. The molecule has 0 fully saturated rings. The molecule has 1 aromatic heterocycles. The predicted molar refractivity (Wildman–Crippen MR) is 208 cm³/mol. The lowest BCUT2D eigenvalue weighted by Gasteiger charge is -2.26. The van der Waals surface area contributed by atoms with Crippen molar-refractivity contribution in [2.75, 3.05) is 33.3 Å². The van der Waals surface area contributed by atoms with E-state index in [2.05, 4.69) is 44.5 Å². The number of unbranched alkanes of at least 4 members (excludes halogenated alkanes) is 2. The first-order valence-electron chi connectivity index (χ1n) is 18.1. The standard InChI is InChI=1S/C38H53ClN8O8/c1-47(27(37(41)54)7-3-4-18-43-20-28(49)34(52)35(53)29(50)22-48)31(51)17-12-24-10-15-26(16-11-24)25-13-8-23(9-14-25)6-2-5-19-44-36(40)32-33(38(42)55)46-30(39)21-45-32/h8-11,13-16,21,27-29,34-35,43,48-50,52-53H,2-7,12,17-20,22H2,1H3,(H2,40,44)(H2,41,54)(H2,42,55)/t27-,28-,29+,34+,35+/m0/s1. The number of rotatable bonds is 24. The molecule has 0 spiro atoms. The normalized spacial score (nSPS) is 14.5. The molecule has 55 heavy (non-hydrogen) atoms. The van der Waals surface area contributed by atoms with Gasteiger partial charge in [0.2, 0.25) is 11.8 Å². The number of aliphatic imine (C=N–C) groups is 1. The molecule has 17 heteroatoms. The lowest BCUT2D eigenvalue weighted by molar-refractivity contribution is -0.138. The number of aromatic nitrogens is 2. The Kier molecular flexibility index (Phi) is 18.5. The maximum Gasteiger partial charge on any atom is 0.269 e. The van der Waals surface area contributed by atoms with Crippen LogP contribution in [-0.2, 0) is 22.4 Å². The first kappa shape index (κ1) is 44.8. The molecule has 3 rings (SSSR count). The van der Waals surface area contributed by atoms with Gasteiger partial charge in [-0.2, -0.15) is 0 Å². The summed E-state index contributed by atoms with van der Waals surface area (Å²) in [5.41, 5.74) is 21.2. The van der Waals surface area contributed by atoms with Crippen LogP contribution in [0, 0.1) is 0 Å². The fourth-order valence-corrected chi connectivity index (χ4v) is 5.95. The maximum atomic E-state index is 13.0. The second-order valence-electron chi connectivity index (χ2n) is 13.3. The molecule has 12 N–H and O–H groups in total. The molecule has 2 aromatic carbocycles. The maximum absolute atomic E-state index is 13.0. The summed E-state index contributed by atoms with van der Waals surface area (Å²) in [5, 5.41) is 50.8. The first-order valence-corrected chi connectivity index (χ1v) is 18.5. The van der Waals surface area contributed by atoms with E-state index in [0.717, 1.165) is 36.0 Å². The minimum absolute atomic E-state index is 0.0370. The first-order chi connectivity index (χ1) is 26.2. The summed E-state index contributed by atoms with van der Waals surface area (Å²) in [7, 11) is 1.57. The van der Waals surface area contributed by atoms with Crippen LogP contribution >= 0.6 is 11.6 Å². The Bertz CT molecular complexity index is 1710. The second kappa shape index (κ2) is 22.7. The number of aryl methyl sites for hydroxylation is 2. The van der Waals surface area contributed by atoms with Crippen LogP contribution in [0.2, 0.25) is 5.15 Å². The van der Waals surface area contributed by atoms with Crippen LogP contribution in [0.4, 0.5) is 0 Å². The SMILES string of the molecule is CN(C(=O)CCc1ccc(-c2ccc(CCCCN=C(N)c3ncc(Cl)nc3C(N)=O)cc2)cc1)[C@@H](CCCCNC[C@H](O)[C@@H](O)[C@H](O)[C@H](O)CO)C(N)=O. The van der Waals surface area contributed by atoms with Gasteiger partial charge in [0.05, 0.1) is 18.9 Å². The van der Waals surface area contributed by atoms with Gasteiger partial charge in [0.1, 0.15) is 41.0 Å². The molecule has 3 amide bonds. The van der Waals surface area contributed by atoms with Crippen molar-refractivity contribution in [1.29, 1.82) is 0 Å². The molecule has 16 nitrogen and oxygen atoms in total. The number of nitrogens with two attached hydrogens (primary N) is 3. The van der Waals surface area contributed by atoms with Crippen LogP contribution in [0.5, 0.6) is 0 Å².